The van der Waals surface area contributed by atoms with Crippen LogP contribution in [-0.4, -0.2) is 72.5 Å². The second-order valence-corrected chi connectivity index (χ2v) is 8.34. The first kappa shape index (κ1) is 25.3. The zero-order valence-corrected chi connectivity index (χ0v) is 20.1. The van der Waals surface area contributed by atoms with E-state index in [1.54, 1.807) is 17.0 Å². The number of benzene rings is 1. The fourth-order valence-electron chi connectivity index (χ4n) is 3.27. The van der Waals surface area contributed by atoms with Crippen molar-refractivity contribution in [2.45, 2.75) is 45.1 Å². The summed E-state index contributed by atoms with van der Waals surface area (Å²) in [5, 5.41) is 3.28. The summed E-state index contributed by atoms with van der Waals surface area (Å²) in [5.74, 6) is 0.939. The Labute approximate surface area is 197 Å². The number of piperazine rings is 1. The van der Waals surface area contributed by atoms with Crippen molar-refractivity contribution < 1.29 is 27.4 Å². The molecule has 1 aromatic rings. The molecule has 1 saturated heterocycles. The van der Waals surface area contributed by atoms with Crippen LogP contribution in [0.1, 0.15) is 26.3 Å². The van der Waals surface area contributed by atoms with Gasteiger partial charge in [-0.3, -0.25) is 4.99 Å². The van der Waals surface area contributed by atoms with Gasteiger partial charge < -0.3 is 24.6 Å². The standard InChI is InChI=1S/C20H27F3N4O3.HI/c1-19(2,3)30-18(28)26-8-9-27-15(12-26)11-25-17(27)24-10-14-4-6-16(7-5-14)29-13-20(21,22)23;/h4-7,15H,8-13H2,1-3H3,(H,24,25);1H. The molecule has 0 spiro atoms. The molecule has 1 fully saturated rings. The van der Waals surface area contributed by atoms with Gasteiger partial charge in [0.05, 0.1) is 12.6 Å². The van der Waals surface area contributed by atoms with E-state index >= 15 is 0 Å². The molecule has 0 saturated carbocycles. The van der Waals surface area contributed by atoms with Crippen molar-refractivity contribution in [3.05, 3.63) is 29.8 Å². The summed E-state index contributed by atoms with van der Waals surface area (Å²) in [5.41, 5.74) is 0.369. The van der Waals surface area contributed by atoms with Gasteiger partial charge >= 0.3 is 12.3 Å². The van der Waals surface area contributed by atoms with Crippen LogP contribution in [0.3, 0.4) is 0 Å². The number of aliphatic imine (C=N–C) groups is 1. The lowest BCUT2D eigenvalue weighted by Crippen LogP contribution is -2.57. The van der Waals surface area contributed by atoms with E-state index in [0.717, 1.165) is 11.5 Å². The quantitative estimate of drug-likeness (QED) is 0.575. The molecular weight excluding hydrogens is 528 g/mol. The Bertz CT molecular complexity index is 781. The molecule has 2 heterocycles. The molecule has 1 amide bonds. The van der Waals surface area contributed by atoms with Crippen LogP contribution in [-0.2, 0) is 11.3 Å². The van der Waals surface area contributed by atoms with Crippen LogP contribution in [0.5, 0.6) is 5.75 Å². The second-order valence-electron chi connectivity index (χ2n) is 8.34. The number of amides is 1. The summed E-state index contributed by atoms with van der Waals surface area (Å²) >= 11 is 0. The molecule has 31 heavy (non-hydrogen) atoms. The number of ether oxygens (including phenoxy) is 2. The third-order valence-corrected chi connectivity index (χ3v) is 4.63. The molecule has 1 aromatic carbocycles. The van der Waals surface area contributed by atoms with Crippen molar-refractivity contribution in [2.75, 3.05) is 32.8 Å². The molecule has 0 bridgehead atoms. The predicted octanol–water partition coefficient (Wildman–Crippen LogP) is 3.63. The minimum Gasteiger partial charge on any atom is -0.484 e. The van der Waals surface area contributed by atoms with Crippen LogP contribution in [0.2, 0.25) is 0 Å². The minimum atomic E-state index is -4.36. The minimum absolute atomic E-state index is 0. The fraction of sp³-hybridized carbons (Fsp3) is 0.600. The van der Waals surface area contributed by atoms with Crippen molar-refractivity contribution in [3.8, 4) is 5.75 Å². The molecule has 2 aliphatic heterocycles. The Morgan fingerprint density at radius 1 is 1.19 bits per heavy atom. The van der Waals surface area contributed by atoms with E-state index in [1.165, 1.54) is 12.1 Å². The van der Waals surface area contributed by atoms with Crippen molar-refractivity contribution in [1.29, 1.82) is 0 Å². The Morgan fingerprint density at radius 3 is 2.48 bits per heavy atom. The molecule has 11 heteroatoms. The number of rotatable bonds is 4. The molecule has 174 valence electrons. The lowest BCUT2D eigenvalue weighted by atomic mass is 10.2. The summed E-state index contributed by atoms with van der Waals surface area (Å²) in [6, 6.07) is 6.56. The van der Waals surface area contributed by atoms with Gasteiger partial charge in [0.2, 0.25) is 0 Å². The van der Waals surface area contributed by atoms with Crippen LogP contribution in [0.4, 0.5) is 18.0 Å². The van der Waals surface area contributed by atoms with Gasteiger partial charge in [0, 0.05) is 26.2 Å². The highest BCUT2D eigenvalue weighted by molar-refractivity contribution is 14.0. The number of alkyl halides is 3. The number of fused-ring (bicyclic) bond motifs is 1. The number of nitrogens with one attached hydrogen (secondary N) is 1. The van der Waals surface area contributed by atoms with E-state index in [4.69, 9.17) is 9.47 Å². The Balaban J connectivity index is 0.00000341. The largest absolute Gasteiger partial charge is 0.484 e. The van der Waals surface area contributed by atoms with Gasteiger partial charge in [0.1, 0.15) is 11.4 Å². The average Bonchev–Trinajstić information content (AvgIpc) is 3.06. The monoisotopic (exact) mass is 556 g/mol. The maximum atomic E-state index is 12.3. The molecule has 2 aliphatic rings. The van der Waals surface area contributed by atoms with Gasteiger partial charge in [-0.2, -0.15) is 13.2 Å². The Morgan fingerprint density at radius 2 is 1.87 bits per heavy atom. The van der Waals surface area contributed by atoms with Gasteiger partial charge in [-0.05, 0) is 38.5 Å². The zero-order chi connectivity index (χ0) is 21.9. The maximum Gasteiger partial charge on any atom is 0.422 e. The first-order valence-corrected chi connectivity index (χ1v) is 9.81. The highest BCUT2D eigenvalue weighted by Gasteiger charge is 2.36. The zero-order valence-electron chi connectivity index (χ0n) is 17.7. The number of guanidine groups is 1. The van der Waals surface area contributed by atoms with Crippen LogP contribution >= 0.6 is 24.0 Å². The van der Waals surface area contributed by atoms with Gasteiger partial charge in [-0.15, -0.1) is 24.0 Å². The van der Waals surface area contributed by atoms with Crippen molar-refractivity contribution >= 4 is 36.0 Å². The Hall–Kier alpha value is -1.92. The van der Waals surface area contributed by atoms with E-state index in [1.807, 2.05) is 20.8 Å². The third-order valence-electron chi connectivity index (χ3n) is 4.63. The molecule has 1 atom stereocenters. The van der Waals surface area contributed by atoms with Crippen molar-refractivity contribution in [2.24, 2.45) is 4.99 Å². The first-order chi connectivity index (χ1) is 14.0. The van der Waals surface area contributed by atoms with Crippen LogP contribution in [0.15, 0.2) is 29.3 Å². The molecule has 0 radical (unpaired) electrons. The summed E-state index contributed by atoms with van der Waals surface area (Å²) in [7, 11) is 0. The lowest BCUT2D eigenvalue weighted by Gasteiger charge is -2.39. The second kappa shape index (κ2) is 10.1. The van der Waals surface area contributed by atoms with Gasteiger partial charge in [-0.25, -0.2) is 4.79 Å². The Kier molecular flexibility index (Phi) is 8.28. The number of carbonyl (C=O) groups is 1. The number of halogens is 4. The molecular formula is C20H28F3IN4O3. The first-order valence-electron chi connectivity index (χ1n) is 9.81. The van der Waals surface area contributed by atoms with E-state index in [0.29, 0.717) is 32.7 Å². The van der Waals surface area contributed by atoms with Crippen LogP contribution in [0, 0.1) is 0 Å². The molecule has 0 aromatic heterocycles. The molecule has 7 nitrogen and oxygen atoms in total. The van der Waals surface area contributed by atoms with E-state index in [9.17, 15) is 18.0 Å². The van der Waals surface area contributed by atoms with Gasteiger partial charge in [0.25, 0.3) is 0 Å². The smallest absolute Gasteiger partial charge is 0.422 e. The third kappa shape index (κ3) is 7.62. The highest BCUT2D eigenvalue weighted by atomic mass is 127. The normalized spacial score (nSPS) is 18.6. The summed E-state index contributed by atoms with van der Waals surface area (Å²) in [6.45, 7) is 7.05. The number of hydrogen-bond acceptors (Lipinski definition) is 6. The maximum absolute atomic E-state index is 12.3. The molecule has 1 N–H and O–H groups in total. The molecule has 0 aliphatic carbocycles. The van der Waals surface area contributed by atoms with E-state index in [2.05, 4.69) is 15.2 Å². The summed E-state index contributed by atoms with van der Waals surface area (Å²) in [6.07, 6.45) is -4.67. The van der Waals surface area contributed by atoms with Crippen molar-refractivity contribution in [1.82, 2.24) is 15.1 Å². The number of hydrogen-bond donors (Lipinski definition) is 1. The lowest BCUT2D eigenvalue weighted by molar-refractivity contribution is -0.153. The van der Waals surface area contributed by atoms with E-state index < -0.39 is 18.4 Å². The molecule has 3 rings (SSSR count). The fourth-order valence-corrected chi connectivity index (χ4v) is 3.27. The average molecular weight is 556 g/mol. The molecule has 1 unspecified atom stereocenters. The SMILES string of the molecule is CC(C)(C)OC(=O)N1CCN2C(NCc3ccc(OCC(F)(F)F)cc3)=NCC2C1.I. The summed E-state index contributed by atoms with van der Waals surface area (Å²) in [4.78, 5) is 20.7. The van der Waals surface area contributed by atoms with Crippen molar-refractivity contribution in [3.63, 3.8) is 0 Å². The van der Waals surface area contributed by atoms with Crippen LogP contribution < -0.4 is 10.1 Å². The predicted molar refractivity (Wildman–Crippen MR) is 121 cm³/mol. The number of carbonyl (C=O) groups excluding carboxylic acids is 1. The van der Waals surface area contributed by atoms with Gasteiger partial charge in [0.15, 0.2) is 12.6 Å². The van der Waals surface area contributed by atoms with E-state index in [-0.39, 0.29) is 41.9 Å². The topological polar surface area (TPSA) is 66.4 Å². The summed E-state index contributed by atoms with van der Waals surface area (Å²) < 4.78 is 46.8. The highest BCUT2D eigenvalue weighted by Crippen LogP contribution is 2.20. The van der Waals surface area contributed by atoms with Crippen LogP contribution in [0.25, 0.3) is 0 Å². The number of nitrogens with zero attached hydrogens (tertiary/aromatic N) is 3. The van der Waals surface area contributed by atoms with Gasteiger partial charge in [-0.1, -0.05) is 12.1 Å².